The van der Waals surface area contributed by atoms with Crippen LogP contribution in [0.5, 0.6) is 5.75 Å². The molecule has 232 valence electrons. The number of rotatable bonds is 13. The fourth-order valence-corrected chi connectivity index (χ4v) is 5.41. The molecule has 0 saturated heterocycles. The van der Waals surface area contributed by atoms with E-state index in [1.54, 1.807) is 48.5 Å². The number of ether oxygens (including phenoxy) is 1. The smallest absolute Gasteiger partial charge is 0.305 e. The Morgan fingerprint density at radius 3 is 2.02 bits per heavy atom. The summed E-state index contributed by atoms with van der Waals surface area (Å²) in [5.74, 6) is -1.97. The highest BCUT2D eigenvalue weighted by Gasteiger charge is 2.31. The van der Waals surface area contributed by atoms with E-state index in [0.29, 0.717) is 39.4 Å². The van der Waals surface area contributed by atoms with Gasteiger partial charge >= 0.3 is 5.97 Å². The molecule has 44 heavy (non-hydrogen) atoms. The molecule has 4 N–H and O–H groups in total. The van der Waals surface area contributed by atoms with E-state index in [-0.39, 0.29) is 31.0 Å². The quantitative estimate of drug-likeness (QED) is 0.139. The number of methoxy groups -OCH3 is 1. The molecule has 0 bridgehead atoms. The molecular formula is C34H36F2N2O6. The lowest BCUT2D eigenvalue weighted by atomic mass is 9.92. The van der Waals surface area contributed by atoms with Gasteiger partial charge in [-0.2, -0.15) is 0 Å². The minimum absolute atomic E-state index is 0.140. The zero-order valence-corrected chi connectivity index (χ0v) is 24.8. The van der Waals surface area contributed by atoms with Gasteiger partial charge in [0.25, 0.3) is 5.91 Å². The fraction of sp³-hybridized carbons (Fsp3) is 0.294. The van der Waals surface area contributed by atoms with E-state index in [1.807, 2.05) is 18.4 Å². The molecule has 1 heterocycles. The van der Waals surface area contributed by atoms with Crippen LogP contribution in [-0.4, -0.2) is 51.1 Å². The molecule has 0 fully saturated rings. The lowest BCUT2D eigenvalue weighted by molar-refractivity contribution is -0.139. The van der Waals surface area contributed by atoms with Crippen LogP contribution in [0.3, 0.4) is 0 Å². The minimum Gasteiger partial charge on any atom is -0.497 e. The van der Waals surface area contributed by atoms with Gasteiger partial charge in [-0.05, 0) is 80.6 Å². The second kappa shape index (κ2) is 14.3. The molecule has 0 saturated carbocycles. The molecule has 3 aromatic carbocycles. The number of hydrogen-bond donors (Lipinski definition) is 4. The Kier molecular flexibility index (Phi) is 10.5. The molecule has 0 spiro atoms. The number of amides is 1. The van der Waals surface area contributed by atoms with E-state index in [2.05, 4.69) is 5.32 Å². The van der Waals surface area contributed by atoms with E-state index < -0.39 is 42.1 Å². The van der Waals surface area contributed by atoms with Crippen LogP contribution in [0.25, 0.3) is 22.3 Å². The number of aliphatic hydroxyl groups is 2. The van der Waals surface area contributed by atoms with E-state index in [0.717, 1.165) is 0 Å². The van der Waals surface area contributed by atoms with Gasteiger partial charge in [0.1, 0.15) is 23.1 Å². The van der Waals surface area contributed by atoms with Crippen LogP contribution < -0.4 is 10.1 Å². The highest BCUT2D eigenvalue weighted by Crippen LogP contribution is 2.43. The van der Waals surface area contributed by atoms with Gasteiger partial charge in [-0.1, -0.05) is 30.3 Å². The zero-order valence-electron chi connectivity index (χ0n) is 24.8. The van der Waals surface area contributed by atoms with Crippen molar-refractivity contribution >= 4 is 17.6 Å². The molecule has 2 atom stereocenters. The predicted octanol–water partition coefficient (Wildman–Crippen LogP) is 6.46. The number of aromatic nitrogens is 1. The Labute approximate surface area is 254 Å². The first-order chi connectivity index (χ1) is 21.0. The first-order valence-corrected chi connectivity index (χ1v) is 14.3. The van der Waals surface area contributed by atoms with Crippen LogP contribution in [0.1, 0.15) is 55.3 Å². The highest BCUT2D eigenvalue weighted by atomic mass is 19.1. The Morgan fingerprint density at radius 2 is 1.48 bits per heavy atom. The molecule has 10 heteroatoms. The van der Waals surface area contributed by atoms with Crippen LogP contribution in [-0.2, 0) is 11.2 Å². The van der Waals surface area contributed by atoms with Crippen molar-refractivity contribution in [1.82, 2.24) is 4.57 Å². The number of carbonyl (C=O) groups excluding carboxylic acids is 1. The third kappa shape index (κ3) is 7.69. The van der Waals surface area contributed by atoms with E-state index in [9.17, 15) is 28.6 Å². The average molecular weight is 607 g/mol. The van der Waals surface area contributed by atoms with Crippen molar-refractivity contribution in [3.05, 3.63) is 95.8 Å². The highest BCUT2D eigenvalue weighted by molar-refractivity contribution is 6.11. The maximum atomic E-state index is 14.2. The Balaban J connectivity index is 1.91. The minimum atomic E-state index is -1.23. The Hall–Kier alpha value is -4.54. The molecule has 0 unspecified atom stereocenters. The van der Waals surface area contributed by atoms with Crippen molar-refractivity contribution in [2.75, 3.05) is 12.4 Å². The second-order valence-electron chi connectivity index (χ2n) is 10.9. The molecule has 4 aromatic rings. The number of carboxylic acid groups (broad SMARTS) is 1. The number of benzene rings is 3. The van der Waals surface area contributed by atoms with Gasteiger partial charge in [0.15, 0.2) is 0 Å². The second-order valence-corrected chi connectivity index (χ2v) is 10.9. The van der Waals surface area contributed by atoms with Crippen molar-refractivity contribution in [3.63, 3.8) is 0 Å². The summed E-state index contributed by atoms with van der Waals surface area (Å²) in [4.78, 5) is 25.2. The van der Waals surface area contributed by atoms with Crippen LogP contribution >= 0.6 is 0 Å². The van der Waals surface area contributed by atoms with Gasteiger partial charge in [-0.3, -0.25) is 9.59 Å². The number of halogens is 2. The van der Waals surface area contributed by atoms with E-state index >= 15 is 0 Å². The number of nitrogens with one attached hydrogen (secondary N) is 1. The standard InChI is InChI=1S/C34H36F2N2O6/c1-20(2)38-29(16-15-26(39)18-27(40)19-30(41)42)31(21-7-11-23(35)12-8-21)32(22-9-13-24(36)14-10-22)33(38)34(43)37-25-5-4-6-28(17-25)44-3/h4-14,17,20,26-27,39-40H,15-16,18-19H2,1-3H3,(H,37,43)(H,41,42)/t26-,27-/m1/s1. The van der Waals surface area contributed by atoms with Gasteiger partial charge < -0.3 is 29.9 Å². The molecule has 0 aliphatic rings. The predicted molar refractivity (Wildman–Crippen MR) is 164 cm³/mol. The van der Waals surface area contributed by atoms with Crippen LogP contribution in [0.15, 0.2) is 72.8 Å². The summed E-state index contributed by atoms with van der Waals surface area (Å²) in [5.41, 5.74) is 3.71. The van der Waals surface area contributed by atoms with Gasteiger partial charge in [0.2, 0.25) is 0 Å². The summed E-state index contributed by atoms with van der Waals surface area (Å²) >= 11 is 0. The lowest BCUT2D eigenvalue weighted by Gasteiger charge is -2.20. The SMILES string of the molecule is COc1cccc(NC(=O)c2c(-c3ccc(F)cc3)c(-c3ccc(F)cc3)c(CC[C@@H](O)C[C@@H](O)CC(=O)O)n2C(C)C)c1. The van der Waals surface area contributed by atoms with Crippen LogP contribution in [0, 0.1) is 11.6 Å². The van der Waals surface area contributed by atoms with Crippen molar-refractivity contribution in [1.29, 1.82) is 0 Å². The molecular weight excluding hydrogens is 570 g/mol. The number of carbonyl (C=O) groups is 2. The Morgan fingerprint density at radius 1 is 0.886 bits per heavy atom. The summed E-state index contributed by atoms with van der Waals surface area (Å²) in [6.45, 7) is 3.81. The van der Waals surface area contributed by atoms with Crippen molar-refractivity contribution in [2.24, 2.45) is 0 Å². The maximum absolute atomic E-state index is 14.2. The first-order valence-electron chi connectivity index (χ1n) is 14.3. The van der Waals surface area contributed by atoms with E-state index in [1.165, 1.54) is 31.4 Å². The zero-order chi connectivity index (χ0) is 32.0. The van der Waals surface area contributed by atoms with E-state index in [4.69, 9.17) is 9.84 Å². The summed E-state index contributed by atoms with van der Waals surface area (Å²) in [7, 11) is 1.52. The summed E-state index contributed by atoms with van der Waals surface area (Å²) in [5, 5.41) is 32.8. The Bertz CT molecular complexity index is 1600. The molecule has 0 aliphatic carbocycles. The third-order valence-electron chi connectivity index (χ3n) is 7.30. The first kappa shape index (κ1) is 32.4. The largest absolute Gasteiger partial charge is 0.497 e. The number of aliphatic carboxylic acids is 1. The van der Waals surface area contributed by atoms with Crippen LogP contribution in [0.4, 0.5) is 14.5 Å². The molecule has 8 nitrogen and oxygen atoms in total. The lowest BCUT2D eigenvalue weighted by Crippen LogP contribution is -2.22. The topological polar surface area (TPSA) is 121 Å². The summed E-state index contributed by atoms with van der Waals surface area (Å²) < 4.78 is 35.3. The summed E-state index contributed by atoms with van der Waals surface area (Å²) in [6, 6.07) is 18.2. The number of carboxylic acids is 1. The number of anilines is 1. The summed E-state index contributed by atoms with van der Waals surface area (Å²) in [6.07, 6.45) is -2.54. The number of aliphatic hydroxyl groups excluding tert-OH is 2. The van der Waals surface area contributed by atoms with Gasteiger partial charge in [0, 0.05) is 34.6 Å². The molecule has 1 amide bonds. The number of hydrogen-bond acceptors (Lipinski definition) is 5. The van der Waals surface area contributed by atoms with Crippen LogP contribution in [0.2, 0.25) is 0 Å². The normalized spacial score (nSPS) is 12.6. The van der Waals surface area contributed by atoms with Gasteiger partial charge in [-0.25, -0.2) is 8.78 Å². The van der Waals surface area contributed by atoms with Gasteiger partial charge in [0.05, 0.1) is 25.7 Å². The molecule has 1 aromatic heterocycles. The maximum Gasteiger partial charge on any atom is 0.305 e. The molecule has 4 rings (SSSR count). The molecule has 0 aliphatic heterocycles. The third-order valence-corrected chi connectivity index (χ3v) is 7.30. The fourth-order valence-electron chi connectivity index (χ4n) is 5.41. The van der Waals surface area contributed by atoms with Crippen molar-refractivity contribution in [3.8, 4) is 28.0 Å². The average Bonchev–Trinajstić information content (AvgIpc) is 3.32. The monoisotopic (exact) mass is 606 g/mol. The number of nitrogens with zero attached hydrogens (tertiary/aromatic N) is 1. The van der Waals surface area contributed by atoms with Gasteiger partial charge in [-0.15, -0.1) is 0 Å². The van der Waals surface area contributed by atoms with Crippen molar-refractivity contribution in [2.45, 2.75) is 57.8 Å². The van der Waals surface area contributed by atoms with Crippen molar-refractivity contribution < 1.29 is 38.4 Å². The molecule has 0 radical (unpaired) electrons.